The quantitative estimate of drug-likeness (QED) is 0.820. The van der Waals surface area contributed by atoms with Crippen LogP contribution in [-0.2, 0) is 13.0 Å². The zero-order chi connectivity index (χ0) is 13.5. The topological polar surface area (TPSA) is 62.3 Å². The molecule has 2 aromatic rings. The molecule has 5 heteroatoms. The minimum atomic E-state index is 0.564. The molecular weight excluding hydrogens is 242 g/mol. The van der Waals surface area contributed by atoms with Crippen molar-refractivity contribution in [3.8, 4) is 11.5 Å². The summed E-state index contributed by atoms with van der Waals surface area (Å²) in [6.07, 6.45) is 6.21. The van der Waals surface area contributed by atoms with Crippen LogP contribution in [0.3, 0.4) is 0 Å². The first kappa shape index (κ1) is 13.4. The van der Waals surface area contributed by atoms with Crippen molar-refractivity contribution in [2.75, 3.05) is 20.3 Å². The Morgan fingerprint density at radius 1 is 1.37 bits per heavy atom. The van der Waals surface area contributed by atoms with Crippen LogP contribution in [0.2, 0.25) is 0 Å². The molecule has 0 atom stereocenters. The Balaban J connectivity index is 2.04. The lowest BCUT2D eigenvalue weighted by molar-refractivity contribution is 0.277. The van der Waals surface area contributed by atoms with Gasteiger partial charge in [-0.1, -0.05) is 12.1 Å². The summed E-state index contributed by atoms with van der Waals surface area (Å²) in [5.74, 6) is 1.53. The first-order valence-corrected chi connectivity index (χ1v) is 6.29. The van der Waals surface area contributed by atoms with Gasteiger partial charge in [0.1, 0.15) is 6.61 Å². The number of imidazole rings is 1. The van der Waals surface area contributed by atoms with E-state index in [4.69, 9.17) is 15.2 Å². The van der Waals surface area contributed by atoms with E-state index in [0.29, 0.717) is 13.2 Å². The van der Waals surface area contributed by atoms with E-state index < -0.39 is 0 Å². The van der Waals surface area contributed by atoms with E-state index in [9.17, 15) is 0 Å². The minimum Gasteiger partial charge on any atom is -0.493 e. The Morgan fingerprint density at radius 2 is 2.26 bits per heavy atom. The number of rotatable bonds is 7. The third-order valence-electron chi connectivity index (χ3n) is 2.85. The van der Waals surface area contributed by atoms with Gasteiger partial charge in [0.2, 0.25) is 0 Å². The van der Waals surface area contributed by atoms with Crippen molar-refractivity contribution < 1.29 is 9.47 Å². The Labute approximate surface area is 113 Å². The molecule has 0 radical (unpaired) electrons. The highest BCUT2D eigenvalue weighted by atomic mass is 16.5. The van der Waals surface area contributed by atoms with Gasteiger partial charge in [0, 0.05) is 12.4 Å². The molecule has 1 aromatic heterocycles. The predicted molar refractivity (Wildman–Crippen MR) is 73.5 cm³/mol. The van der Waals surface area contributed by atoms with Gasteiger partial charge >= 0.3 is 0 Å². The molecule has 0 saturated heterocycles. The van der Waals surface area contributed by atoms with Crippen LogP contribution in [0.5, 0.6) is 11.5 Å². The number of benzene rings is 1. The number of nitrogens with two attached hydrogens (primary N) is 1. The van der Waals surface area contributed by atoms with E-state index in [1.807, 2.05) is 29.0 Å². The van der Waals surface area contributed by atoms with Gasteiger partial charge in [0.05, 0.1) is 20.0 Å². The monoisotopic (exact) mass is 261 g/mol. The van der Waals surface area contributed by atoms with Crippen molar-refractivity contribution in [2.45, 2.75) is 13.0 Å². The van der Waals surface area contributed by atoms with Crippen LogP contribution < -0.4 is 15.2 Å². The fraction of sp³-hybridized carbons (Fsp3) is 0.357. The molecule has 2 N–H and O–H groups in total. The summed E-state index contributed by atoms with van der Waals surface area (Å²) in [6, 6.07) is 5.86. The van der Waals surface area contributed by atoms with Crippen molar-refractivity contribution in [1.82, 2.24) is 9.55 Å². The Morgan fingerprint density at radius 3 is 2.95 bits per heavy atom. The van der Waals surface area contributed by atoms with Crippen LogP contribution in [0.4, 0.5) is 0 Å². The molecule has 0 aliphatic carbocycles. The van der Waals surface area contributed by atoms with E-state index in [1.165, 1.54) is 0 Å². The summed E-state index contributed by atoms with van der Waals surface area (Å²) >= 11 is 0. The molecule has 1 heterocycles. The van der Waals surface area contributed by atoms with Gasteiger partial charge in [-0.25, -0.2) is 4.98 Å². The molecule has 0 amide bonds. The minimum absolute atomic E-state index is 0.564. The van der Waals surface area contributed by atoms with E-state index in [0.717, 1.165) is 30.0 Å². The number of para-hydroxylation sites is 1. The zero-order valence-corrected chi connectivity index (χ0v) is 11.1. The van der Waals surface area contributed by atoms with Crippen molar-refractivity contribution in [3.05, 3.63) is 42.5 Å². The first-order chi connectivity index (χ1) is 9.35. The SMILES string of the molecule is COc1cccc(CCN)c1OCCn1ccnc1. The number of nitrogens with zero attached hydrogens (tertiary/aromatic N) is 2. The smallest absolute Gasteiger partial charge is 0.164 e. The van der Waals surface area contributed by atoms with E-state index in [-0.39, 0.29) is 0 Å². The summed E-state index contributed by atoms with van der Waals surface area (Å²) in [6.45, 7) is 1.90. The fourth-order valence-electron chi connectivity index (χ4n) is 1.91. The summed E-state index contributed by atoms with van der Waals surface area (Å²) < 4.78 is 13.2. The fourth-order valence-corrected chi connectivity index (χ4v) is 1.91. The maximum atomic E-state index is 5.86. The average Bonchev–Trinajstić information content (AvgIpc) is 2.93. The maximum absolute atomic E-state index is 5.86. The van der Waals surface area contributed by atoms with Crippen LogP contribution in [0, 0.1) is 0 Å². The molecule has 0 aliphatic rings. The van der Waals surface area contributed by atoms with Crippen molar-refractivity contribution in [3.63, 3.8) is 0 Å². The molecule has 0 spiro atoms. The lowest BCUT2D eigenvalue weighted by atomic mass is 10.1. The number of hydrogen-bond donors (Lipinski definition) is 1. The third-order valence-corrected chi connectivity index (χ3v) is 2.85. The van der Waals surface area contributed by atoms with Crippen molar-refractivity contribution >= 4 is 0 Å². The van der Waals surface area contributed by atoms with Gasteiger partial charge in [0.25, 0.3) is 0 Å². The zero-order valence-electron chi connectivity index (χ0n) is 11.1. The van der Waals surface area contributed by atoms with Gasteiger partial charge in [-0.3, -0.25) is 0 Å². The molecular formula is C14H19N3O2. The lowest BCUT2D eigenvalue weighted by Gasteiger charge is -2.14. The second-order valence-electron chi connectivity index (χ2n) is 4.14. The molecule has 2 rings (SSSR count). The second kappa shape index (κ2) is 6.80. The average molecular weight is 261 g/mol. The van der Waals surface area contributed by atoms with Crippen LogP contribution in [-0.4, -0.2) is 29.8 Å². The predicted octanol–water partition coefficient (Wildman–Crippen LogP) is 1.47. The molecule has 19 heavy (non-hydrogen) atoms. The molecule has 5 nitrogen and oxygen atoms in total. The highest BCUT2D eigenvalue weighted by Gasteiger charge is 2.09. The molecule has 0 unspecified atom stereocenters. The molecule has 0 aliphatic heterocycles. The van der Waals surface area contributed by atoms with Crippen molar-refractivity contribution in [1.29, 1.82) is 0 Å². The summed E-state index contributed by atoms with van der Waals surface area (Å²) in [7, 11) is 1.64. The van der Waals surface area contributed by atoms with Gasteiger partial charge < -0.3 is 19.8 Å². The molecule has 102 valence electrons. The van der Waals surface area contributed by atoms with Crippen LogP contribution in [0.1, 0.15) is 5.56 Å². The molecule has 0 bridgehead atoms. The third kappa shape index (κ3) is 3.48. The Bertz CT molecular complexity index is 497. The number of hydrogen-bond acceptors (Lipinski definition) is 4. The summed E-state index contributed by atoms with van der Waals surface area (Å²) in [5.41, 5.74) is 6.69. The number of methoxy groups -OCH3 is 1. The van der Waals surface area contributed by atoms with Gasteiger partial charge in [-0.15, -0.1) is 0 Å². The molecule has 1 aromatic carbocycles. The van der Waals surface area contributed by atoms with Crippen LogP contribution in [0.15, 0.2) is 36.9 Å². The summed E-state index contributed by atoms with van der Waals surface area (Å²) in [5, 5.41) is 0. The second-order valence-corrected chi connectivity index (χ2v) is 4.14. The van der Waals surface area contributed by atoms with Gasteiger partial charge in [-0.05, 0) is 24.6 Å². The molecule has 0 fully saturated rings. The maximum Gasteiger partial charge on any atom is 0.164 e. The first-order valence-electron chi connectivity index (χ1n) is 6.29. The Kier molecular flexibility index (Phi) is 4.80. The normalized spacial score (nSPS) is 10.4. The number of ether oxygens (including phenoxy) is 2. The highest BCUT2D eigenvalue weighted by Crippen LogP contribution is 2.31. The highest BCUT2D eigenvalue weighted by molar-refractivity contribution is 5.46. The standard InChI is InChI=1S/C14H19N3O2/c1-18-13-4-2-3-12(5-6-15)14(13)19-10-9-17-8-7-16-11-17/h2-4,7-8,11H,5-6,9-10,15H2,1H3. The largest absolute Gasteiger partial charge is 0.493 e. The number of aromatic nitrogens is 2. The van der Waals surface area contributed by atoms with E-state index >= 15 is 0 Å². The van der Waals surface area contributed by atoms with Gasteiger partial charge in [0.15, 0.2) is 11.5 Å². The molecule has 0 saturated carbocycles. The summed E-state index contributed by atoms with van der Waals surface area (Å²) in [4.78, 5) is 3.99. The lowest BCUT2D eigenvalue weighted by Crippen LogP contribution is -2.10. The van der Waals surface area contributed by atoms with E-state index in [1.54, 1.807) is 19.6 Å². The Hall–Kier alpha value is -2.01. The van der Waals surface area contributed by atoms with Gasteiger partial charge in [-0.2, -0.15) is 0 Å². The van der Waals surface area contributed by atoms with Crippen LogP contribution >= 0.6 is 0 Å². The van der Waals surface area contributed by atoms with E-state index in [2.05, 4.69) is 4.98 Å². The van der Waals surface area contributed by atoms with Crippen molar-refractivity contribution in [2.24, 2.45) is 5.73 Å². The van der Waals surface area contributed by atoms with Crippen LogP contribution in [0.25, 0.3) is 0 Å².